The van der Waals surface area contributed by atoms with Crippen LogP contribution in [0.5, 0.6) is 0 Å². The van der Waals surface area contributed by atoms with Gasteiger partial charge in [-0.25, -0.2) is 4.39 Å². The monoisotopic (exact) mass is 462 g/mol. The van der Waals surface area contributed by atoms with Crippen molar-refractivity contribution in [1.82, 2.24) is 15.5 Å². The summed E-state index contributed by atoms with van der Waals surface area (Å²) < 4.78 is 13.8. The molecule has 2 rings (SSSR count). The Morgan fingerprint density at radius 2 is 2.00 bits per heavy atom. The molecule has 1 aliphatic carbocycles. The first-order valence-electron chi connectivity index (χ1n) is 8.84. The maximum Gasteiger partial charge on any atom is 0.191 e. The largest absolute Gasteiger partial charge is 0.356 e. The van der Waals surface area contributed by atoms with E-state index in [1.807, 2.05) is 31.1 Å². The molecule has 1 fully saturated rings. The van der Waals surface area contributed by atoms with Crippen molar-refractivity contribution in [3.63, 3.8) is 0 Å². The maximum absolute atomic E-state index is 13.8. The van der Waals surface area contributed by atoms with Gasteiger partial charge in [0.2, 0.25) is 0 Å². The van der Waals surface area contributed by atoms with Crippen molar-refractivity contribution in [2.75, 3.05) is 27.7 Å². The molecule has 142 valence electrons. The topological polar surface area (TPSA) is 39.7 Å². The summed E-state index contributed by atoms with van der Waals surface area (Å²) >= 11 is 0. The highest BCUT2D eigenvalue weighted by Crippen LogP contribution is 2.42. The van der Waals surface area contributed by atoms with Gasteiger partial charge >= 0.3 is 0 Å². The highest BCUT2D eigenvalue weighted by atomic mass is 127. The second kappa shape index (κ2) is 10.3. The van der Waals surface area contributed by atoms with Gasteiger partial charge in [0.05, 0.1) is 0 Å². The first-order valence-corrected chi connectivity index (χ1v) is 8.84. The van der Waals surface area contributed by atoms with Crippen LogP contribution < -0.4 is 10.6 Å². The molecule has 2 N–H and O–H groups in total. The van der Waals surface area contributed by atoms with Gasteiger partial charge in [0.1, 0.15) is 5.82 Å². The summed E-state index contributed by atoms with van der Waals surface area (Å²) in [5.74, 6) is 0.665. The Bertz CT molecular complexity index is 565. The van der Waals surface area contributed by atoms with E-state index in [1.165, 1.54) is 25.7 Å². The van der Waals surface area contributed by atoms with Crippen molar-refractivity contribution in [3.05, 3.63) is 35.1 Å². The number of guanidine groups is 1. The molecular formula is C19H32FIN4. The Morgan fingerprint density at radius 1 is 1.28 bits per heavy atom. The number of rotatable bonds is 7. The highest BCUT2D eigenvalue weighted by Gasteiger charge is 2.34. The zero-order chi connectivity index (χ0) is 17.6. The van der Waals surface area contributed by atoms with E-state index >= 15 is 0 Å². The third-order valence-electron chi connectivity index (χ3n) is 5.08. The third kappa shape index (κ3) is 6.40. The van der Waals surface area contributed by atoms with Gasteiger partial charge < -0.3 is 15.5 Å². The lowest BCUT2D eigenvalue weighted by molar-refractivity contribution is 0.131. The maximum atomic E-state index is 13.8. The predicted octanol–water partition coefficient (Wildman–Crippen LogP) is 3.75. The first-order chi connectivity index (χ1) is 11.5. The summed E-state index contributed by atoms with van der Waals surface area (Å²) in [6.45, 7) is 4.48. The molecule has 1 saturated carbocycles. The van der Waals surface area contributed by atoms with E-state index in [2.05, 4.69) is 22.5 Å². The molecule has 1 aliphatic rings. The van der Waals surface area contributed by atoms with Gasteiger partial charge in [-0.1, -0.05) is 19.4 Å². The Balaban J connectivity index is 0.00000312. The van der Waals surface area contributed by atoms with Gasteiger partial charge in [-0.3, -0.25) is 4.99 Å². The summed E-state index contributed by atoms with van der Waals surface area (Å²) in [6, 6.07) is 5.30. The zero-order valence-electron chi connectivity index (χ0n) is 15.9. The van der Waals surface area contributed by atoms with Crippen LogP contribution in [0.4, 0.5) is 4.39 Å². The minimum atomic E-state index is -0.148. The van der Waals surface area contributed by atoms with Gasteiger partial charge in [0, 0.05) is 32.2 Å². The number of hydrogen-bond donors (Lipinski definition) is 2. The molecule has 6 heteroatoms. The molecule has 1 aromatic carbocycles. The number of nitrogens with one attached hydrogen (secondary N) is 2. The molecule has 25 heavy (non-hydrogen) atoms. The van der Waals surface area contributed by atoms with Crippen LogP contribution in [0.15, 0.2) is 23.2 Å². The van der Waals surface area contributed by atoms with E-state index in [-0.39, 0.29) is 29.8 Å². The van der Waals surface area contributed by atoms with E-state index in [0.29, 0.717) is 18.5 Å². The minimum Gasteiger partial charge on any atom is -0.356 e. The van der Waals surface area contributed by atoms with Gasteiger partial charge in [-0.05, 0) is 56.5 Å². The van der Waals surface area contributed by atoms with Gasteiger partial charge in [0.25, 0.3) is 0 Å². The van der Waals surface area contributed by atoms with E-state index in [0.717, 1.165) is 23.6 Å². The van der Waals surface area contributed by atoms with E-state index in [9.17, 15) is 4.39 Å². The van der Waals surface area contributed by atoms with Crippen molar-refractivity contribution in [3.8, 4) is 0 Å². The molecule has 1 aromatic rings. The van der Waals surface area contributed by atoms with E-state index in [1.54, 1.807) is 13.1 Å². The molecule has 4 nitrogen and oxygen atoms in total. The average Bonchev–Trinajstić information content (AvgIpc) is 2.52. The number of aliphatic imine (C=N–C) groups is 1. The summed E-state index contributed by atoms with van der Waals surface area (Å²) in [5, 5.41) is 6.78. The fraction of sp³-hybridized carbons (Fsp3) is 0.632. The number of benzene rings is 1. The number of halogens is 2. The SMILES string of the molecule is CCC1(CNC(=NC)NCc2ccc(F)c(CN(C)C)c2)CCC1.I. The molecule has 0 aliphatic heterocycles. The van der Waals surface area contributed by atoms with Crippen molar-refractivity contribution in [1.29, 1.82) is 0 Å². The van der Waals surface area contributed by atoms with Crippen LogP contribution in [0.1, 0.15) is 43.7 Å². The molecule has 0 heterocycles. The molecule has 0 bridgehead atoms. The molecule has 0 atom stereocenters. The van der Waals surface area contributed by atoms with Crippen LogP contribution in [-0.4, -0.2) is 38.5 Å². The summed E-state index contributed by atoms with van der Waals surface area (Å²) in [6.07, 6.45) is 5.16. The Labute approximate surface area is 168 Å². The van der Waals surface area contributed by atoms with Crippen molar-refractivity contribution < 1.29 is 4.39 Å². The lowest BCUT2D eigenvalue weighted by atomic mass is 9.67. The summed E-state index contributed by atoms with van der Waals surface area (Å²) in [5.41, 5.74) is 2.23. The van der Waals surface area contributed by atoms with Crippen molar-refractivity contribution in [2.24, 2.45) is 10.4 Å². The molecule has 0 spiro atoms. The smallest absolute Gasteiger partial charge is 0.191 e. The molecule has 0 amide bonds. The predicted molar refractivity (Wildman–Crippen MR) is 114 cm³/mol. The van der Waals surface area contributed by atoms with Crippen LogP contribution in [0.25, 0.3) is 0 Å². The normalized spacial score (nSPS) is 16.2. The molecule has 0 radical (unpaired) electrons. The lowest BCUT2D eigenvalue weighted by Gasteiger charge is -2.41. The fourth-order valence-electron chi connectivity index (χ4n) is 3.21. The van der Waals surface area contributed by atoms with Gasteiger partial charge in [-0.2, -0.15) is 0 Å². The quantitative estimate of drug-likeness (QED) is 0.369. The van der Waals surface area contributed by atoms with Crippen LogP contribution in [-0.2, 0) is 13.1 Å². The molecule has 0 unspecified atom stereocenters. The van der Waals surface area contributed by atoms with Crippen molar-refractivity contribution >= 4 is 29.9 Å². The molecule has 0 aromatic heterocycles. The average molecular weight is 462 g/mol. The summed E-state index contributed by atoms with van der Waals surface area (Å²) in [7, 11) is 5.68. The fourth-order valence-corrected chi connectivity index (χ4v) is 3.21. The number of nitrogens with zero attached hydrogens (tertiary/aromatic N) is 2. The van der Waals surface area contributed by atoms with Crippen LogP contribution >= 0.6 is 24.0 Å². The Hall–Kier alpha value is -0.890. The van der Waals surface area contributed by atoms with Crippen LogP contribution in [0, 0.1) is 11.2 Å². The zero-order valence-corrected chi connectivity index (χ0v) is 18.2. The summed E-state index contributed by atoms with van der Waals surface area (Å²) in [4.78, 5) is 6.27. The molecular weight excluding hydrogens is 430 g/mol. The Kier molecular flexibility index (Phi) is 9.13. The minimum absolute atomic E-state index is 0. The first kappa shape index (κ1) is 22.2. The Morgan fingerprint density at radius 3 is 2.52 bits per heavy atom. The standard InChI is InChI=1S/C19H31FN4.HI/c1-5-19(9-6-10-19)14-23-18(21-2)22-12-15-7-8-17(20)16(11-15)13-24(3)4;/h7-8,11H,5-6,9-10,12-14H2,1-4H3,(H2,21,22,23);1H. The second-order valence-corrected chi connectivity index (χ2v) is 7.15. The number of hydrogen-bond acceptors (Lipinski definition) is 2. The highest BCUT2D eigenvalue weighted by molar-refractivity contribution is 14.0. The van der Waals surface area contributed by atoms with Crippen LogP contribution in [0.2, 0.25) is 0 Å². The second-order valence-electron chi connectivity index (χ2n) is 7.15. The van der Waals surface area contributed by atoms with E-state index in [4.69, 9.17) is 0 Å². The van der Waals surface area contributed by atoms with Gasteiger partial charge in [0.15, 0.2) is 5.96 Å². The molecule has 0 saturated heterocycles. The lowest BCUT2D eigenvalue weighted by Crippen LogP contribution is -2.46. The third-order valence-corrected chi connectivity index (χ3v) is 5.08. The van der Waals surface area contributed by atoms with Crippen LogP contribution in [0.3, 0.4) is 0 Å². The van der Waals surface area contributed by atoms with Gasteiger partial charge in [-0.15, -0.1) is 24.0 Å². The van der Waals surface area contributed by atoms with E-state index < -0.39 is 0 Å². The van der Waals surface area contributed by atoms with Crippen molar-refractivity contribution in [2.45, 2.75) is 45.7 Å².